The van der Waals surface area contributed by atoms with Gasteiger partial charge in [0, 0.05) is 18.2 Å². The van der Waals surface area contributed by atoms with Crippen molar-refractivity contribution in [1.29, 1.82) is 0 Å². The van der Waals surface area contributed by atoms with E-state index in [1.54, 1.807) is 18.2 Å². The molecular weight excluding hydrogens is 293 g/mol. The van der Waals surface area contributed by atoms with Crippen molar-refractivity contribution in [2.75, 3.05) is 6.61 Å². The van der Waals surface area contributed by atoms with Crippen molar-refractivity contribution in [3.63, 3.8) is 0 Å². The Hall–Kier alpha value is -2.46. The monoisotopic (exact) mass is 311 g/mol. The molecule has 3 rings (SSSR count). The van der Waals surface area contributed by atoms with Crippen molar-refractivity contribution >= 4 is 0 Å². The average Bonchev–Trinajstić information content (AvgIpc) is 3.11. The van der Waals surface area contributed by atoms with E-state index in [1.807, 2.05) is 44.2 Å². The molecule has 118 valence electrons. The lowest BCUT2D eigenvalue weighted by Gasteiger charge is -2.28. The van der Waals surface area contributed by atoms with Crippen molar-refractivity contribution in [3.8, 4) is 11.1 Å². The Bertz CT molecular complexity index is 768. The molecular formula is C19H18FNO2. The Morgan fingerprint density at radius 3 is 2.43 bits per heavy atom. The molecule has 0 aliphatic carbocycles. The van der Waals surface area contributed by atoms with Crippen molar-refractivity contribution < 1.29 is 13.7 Å². The zero-order valence-electron chi connectivity index (χ0n) is 13.1. The third-order valence-electron chi connectivity index (χ3n) is 3.98. The number of ether oxygens (including phenoxy) is 1. The molecule has 1 unspecified atom stereocenters. The van der Waals surface area contributed by atoms with Gasteiger partial charge in [-0.3, -0.25) is 0 Å². The van der Waals surface area contributed by atoms with Crippen LogP contribution < -0.4 is 0 Å². The highest BCUT2D eigenvalue weighted by Gasteiger charge is 2.32. The molecule has 3 aromatic rings. The maximum absolute atomic E-state index is 13.9. The Labute approximate surface area is 134 Å². The van der Waals surface area contributed by atoms with Gasteiger partial charge in [-0.1, -0.05) is 47.6 Å². The fourth-order valence-corrected chi connectivity index (χ4v) is 2.72. The predicted octanol–water partition coefficient (Wildman–Crippen LogP) is 4.78. The van der Waals surface area contributed by atoms with E-state index in [0.717, 1.165) is 11.1 Å². The molecule has 0 fully saturated rings. The first-order chi connectivity index (χ1) is 11.1. The third-order valence-corrected chi connectivity index (χ3v) is 3.98. The molecule has 4 heteroatoms. The smallest absolute Gasteiger partial charge is 0.136 e. The second-order valence-corrected chi connectivity index (χ2v) is 5.41. The zero-order chi connectivity index (χ0) is 16.3. The number of aromatic nitrogens is 1. The number of hydrogen-bond acceptors (Lipinski definition) is 3. The molecule has 23 heavy (non-hydrogen) atoms. The van der Waals surface area contributed by atoms with E-state index in [2.05, 4.69) is 5.16 Å². The molecule has 0 saturated heterocycles. The molecule has 0 bridgehead atoms. The lowest BCUT2D eigenvalue weighted by molar-refractivity contribution is -0.00125. The van der Waals surface area contributed by atoms with E-state index in [-0.39, 0.29) is 5.82 Å². The summed E-state index contributed by atoms with van der Waals surface area (Å²) >= 11 is 0. The van der Waals surface area contributed by atoms with Crippen LogP contribution in [-0.2, 0) is 10.3 Å². The maximum atomic E-state index is 13.9. The van der Waals surface area contributed by atoms with Gasteiger partial charge in [-0.05, 0) is 31.0 Å². The fraction of sp³-hybridized carbons (Fsp3) is 0.211. The Balaban J connectivity index is 1.99. The van der Waals surface area contributed by atoms with Crippen LogP contribution in [0.1, 0.15) is 25.1 Å². The van der Waals surface area contributed by atoms with Crippen LogP contribution in [0.5, 0.6) is 0 Å². The van der Waals surface area contributed by atoms with Crippen molar-refractivity contribution in [2.24, 2.45) is 0 Å². The summed E-state index contributed by atoms with van der Waals surface area (Å²) in [6.07, 6.45) is 1.53. The van der Waals surface area contributed by atoms with E-state index < -0.39 is 5.60 Å². The molecule has 1 atom stereocenters. The van der Waals surface area contributed by atoms with E-state index in [0.29, 0.717) is 17.9 Å². The molecule has 0 spiro atoms. The fourth-order valence-electron chi connectivity index (χ4n) is 2.72. The summed E-state index contributed by atoms with van der Waals surface area (Å²) in [4.78, 5) is 0. The SMILES string of the molecule is CCOC(C)(c1ccc(-c2ccccc2F)cc1)c1ccon1. The van der Waals surface area contributed by atoms with E-state index in [9.17, 15) is 4.39 Å². The zero-order valence-corrected chi connectivity index (χ0v) is 13.1. The molecule has 0 aliphatic rings. The van der Waals surface area contributed by atoms with Crippen LogP contribution >= 0.6 is 0 Å². The summed E-state index contributed by atoms with van der Waals surface area (Å²) in [5, 5.41) is 4.02. The van der Waals surface area contributed by atoms with Crippen molar-refractivity contribution in [2.45, 2.75) is 19.4 Å². The van der Waals surface area contributed by atoms with E-state index in [4.69, 9.17) is 9.26 Å². The molecule has 0 N–H and O–H groups in total. The average molecular weight is 311 g/mol. The van der Waals surface area contributed by atoms with Gasteiger partial charge >= 0.3 is 0 Å². The van der Waals surface area contributed by atoms with Gasteiger partial charge in [0.05, 0.1) is 0 Å². The van der Waals surface area contributed by atoms with Crippen LogP contribution in [-0.4, -0.2) is 11.8 Å². The number of halogens is 1. The Kier molecular flexibility index (Phi) is 4.26. The number of hydrogen-bond donors (Lipinski definition) is 0. The first-order valence-electron chi connectivity index (χ1n) is 7.55. The van der Waals surface area contributed by atoms with Gasteiger partial charge in [-0.2, -0.15) is 0 Å². The third kappa shape index (κ3) is 2.90. The summed E-state index contributed by atoms with van der Waals surface area (Å²) in [6, 6.07) is 16.2. The summed E-state index contributed by atoms with van der Waals surface area (Å²) in [5.74, 6) is -0.232. The second-order valence-electron chi connectivity index (χ2n) is 5.41. The molecule has 1 aromatic heterocycles. The van der Waals surface area contributed by atoms with Gasteiger partial charge in [0.25, 0.3) is 0 Å². The topological polar surface area (TPSA) is 35.3 Å². The van der Waals surface area contributed by atoms with Crippen LogP contribution in [0.15, 0.2) is 65.4 Å². The summed E-state index contributed by atoms with van der Waals surface area (Å²) in [6.45, 7) is 4.43. The number of nitrogens with zero attached hydrogens (tertiary/aromatic N) is 1. The summed E-state index contributed by atoms with van der Waals surface area (Å²) in [7, 11) is 0. The van der Waals surface area contributed by atoms with Gasteiger partial charge in [0.2, 0.25) is 0 Å². The van der Waals surface area contributed by atoms with Crippen LogP contribution in [0.4, 0.5) is 4.39 Å². The molecule has 0 radical (unpaired) electrons. The molecule has 2 aromatic carbocycles. The number of benzene rings is 2. The van der Waals surface area contributed by atoms with Gasteiger partial charge in [0.1, 0.15) is 23.4 Å². The van der Waals surface area contributed by atoms with Gasteiger partial charge < -0.3 is 9.26 Å². The predicted molar refractivity (Wildman–Crippen MR) is 86.4 cm³/mol. The van der Waals surface area contributed by atoms with Crippen LogP contribution in [0.3, 0.4) is 0 Å². The van der Waals surface area contributed by atoms with Crippen LogP contribution in [0.25, 0.3) is 11.1 Å². The van der Waals surface area contributed by atoms with Gasteiger partial charge in [-0.15, -0.1) is 0 Å². The Morgan fingerprint density at radius 2 is 1.83 bits per heavy atom. The first-order valence-corrected chi connectivity index (χ1v) is 7.55. The highest BCUT2D eigenvalue weighted by molar-refractivity contribution is 5.64. The lowest BCUT2D eigenvalue weighted by Crippen LogP contribution is -2.28. The van der Waals surface area contributed by atoms with Gasteiger partial charge in [0.15, 0.2) is 0 Å². The Morgan fingerprint density at radius 1 is 1.09 bits per heavy atom. The maximum Gasteiger partial charge on any atom is 0.136 e. The largest absolute Gasteiger partial charge is 0.364 e. The molecule has 3 nitrogen and oxygen atoms in total. The minimum Gasteiger partial charge on any atom is -0.364 e. The minimum atomic E-state index is -0.699. The van der Waals surface area contributed by atoms with Crippen molar-refractivity contribution in [3.05, 3.63) is 77.9 Å². The van der Waals surface area contributed by atoms with Crippen molar-refractivity contribution in [1.82, 2.24) is 5.16 Å². The van der Waals surface area contributed by atoms with Crippen LogP contribution in [0, 0.1) is 5.82 Å². The highest BCUT2D eigenvalue weighted by Crippen LogP contribution is 2.34. The van der Waals surface area contributed by atoms with Crippen LogP contribution in [0.2, 0.25) is 0 Å². The summed E-state index contributed by atoms with van der Waals surface area (Å²) < 4.78 is 24.8. The van der Waals surface area contributed by atoms with E-state index in [1.165, 1.54) is 12.3 Å². The first kappa shape index (κ1) is 15.4. The lowest BCUT2D eigenvalue weighted by atomic mass is 9.90. The minimum absolute atomic E-state index is 0.232. The molecule has 0 aliphatic heterocycles. The highest BCUT2D eigenvalue weighted by atomic mass is 19.1. The number of rotatable bonds is 5. The van der Waals surface area contributed by atoms with E-state index >= 15 is 0 Å². The quantitative estimate of drug-likeness (QED) is 0.680. The standard InChI is InChI=1S/C19H18FNO2/c1-3-22-19(2,18-12-13-23-21-18)15-10-8-14(9-11-15)16-6-4-5-7-17(16)20/h4-13H,3H2,1-2H3. The molecule has 1 heterocycles. The second kappa shape index (κ2) is 6.34. The van der Waals surface area contributed by atoms with Gasteiger partial charge in [-0.25, -0.2) is 4.39 Å². The molecule has 0 amide bonds. The molecule has 0 saturated carbocycles. The summed E-state index contributed by atoms with van der Waals surface area (Å²) in [5.41, 5.74) is 2.35. The normalized spacial score (nSPS) is 13.7.